The number of rotatable bonds is 4. The number of thiophene rings is 1. The lowest BCUT2D eigenvalue weighted by Gasteiger charge is -2.13. The number of hydrogen-bond acceptors (Lipinski definition) is 4. The molecule has 0 amide bonds. The average molecular weight is 678 g/mol. The fraction of sp³-hybridized carbons (Fsp3) is 0. The predicted molar refractivity (Wildman–Crippen MR) is 212 cm³/mol. The summed E-state index contributed by atoms with van der Waals surface area (Å²) in [4.78, 5) is 15.3. The van der Waals surface area contributed by atoms with Crippen LogP contribution >= 0.6 is 11.3 Å². The van der Waals surface area contributed by atoms with E-state index < -0.39 is 0 Å². The fourth-order valence-corrected chi connectivity index (χ4v) is 8.38. The lowest BCUT2D eigenvalue weighted by Crippen LogP contribution is -2.07. The molecule has 51 heavy (non-hydrogen) atoms. The van der Waals surface area contributed by atoms with Crippen LogP contribution in [0.1, 0.15) is 11.0 Å². The van der Waals surface area contributed by atoms with Crippen LogP contribution in [0.3, 0.4) is 0 Å². The van der Waals surface area contributed by atoms with Crippen LogP contribution in [0, 0.1) is 0 Å². The summed E-state index contributed by atoms with van der Waals surface area (Å²) in [5.74, 6) is 0.746. The number of fused-ring (bicyclic) bond motifs is 10. The molecular weight excluding hydrogens is 643 g/mol. The van der Waals surface area contributed by atoms with E-state index in [9.17, 15) is 6.85 Å². The maximum absolute atomic E-state index is 9.61. The van der Waals surface area contributed by atoms with Crippen LogP contribution in [0.4, 0.5) is 0 Å². The van der Waals surface area contributed by atoms with E-state index in [1.54, 1.807) is 20.5 Å². The van der Waals surface area contributed by atoms with Gasteiger partial charge < -0.3 is 4.57 Å². The first-order valence-corrected chi connectivity index (χ1v) is 17.2. The van der Waals surface area contributed by atoms with Gasteiger partial charge in [0.15, 0.2) is 11.6 Å². The van der Waals surface area contributed by atoms with Gasteiger partial charge in [0.2, 0.25) is 5.95 Å². The van der Waals surface area contributed by atoms with Crippen molar-refractivity contribution in [3.63, 3.8) is 0 Å². The van der Waals surface area contributed by atoms with Gasteiger partial charge in [-0.3, -0.25) is 4.57 Å². The summed E-state index contributed by atoms with van der Waals surface area (Å²) >= 11 is 1.63. The molecule has 0 radical (unpaired) electrons. The minimum atomic E-state index is -0.296. The smallest absolute Gasteiger partial charge is 0.238 e. The molecule has 0 aliphatic rings. The van der Waals surface area contributed by atoms with Crippen molar-refractivity contribution in [2.75, 3.05) is 0 Å². The first-order chi connectivity index (χ1) is 28.6. The van der Waals surface area contributed by atoms with Crippen LogP contribution in [0.5, 0.6) is 0 Å². The number of aromatic nitrogens is 5. The van der Waals surface area contributed by atoms with Crippen molar-refractivity contribution >= 4 is 75.1 Å². The van der Waals surface area contributed by atoms with Gasteiger partial charge >= 0.3 is 0 Å². The Morgan fingerprint density at radius 2 is 1.10 bits per heavy atom. The summed E-state index contributed by atoms with van der Waals surface area (Å²) in [5.41, 5.74) is 3.02. The van der Waals surface area contributed by atoms with Gasteiger partial charge in [-0.05, 0) is 36.4 Å². The zero-order valence-electron chi connectivity index (χ0n) is 34.6. The topological polar surface area (TPSA) is 48.5 Å². The van der Waals surface area contributed by atoms with Crippen LogP contribution in [0.15, 0.2) is 164 Å². The molecule has 11 rings (SSSR count). The lowest BCUT2D eigenvalue weighted by atomic mass is 10.1. The average Bonchev–Trinajstić information content (AvgIpc) is 3.94. The van der Waals surface area contributed by atoms with E-state index in [2.05, 4.69) is 18.2 Å². The Hall–Kier alpha value is -6.63. The molecule has 0 spiro atoms. The molecule has 0 bridgehead atoms. The van der Waals surface area contributed by atoms with E-state index >= 15 is 0 Å². The summed E-state index contributed by atoms with van der Waals surface area (Å²) in [7, 11) is 0. The van der Waals surface area contributed by atoms with Gasteiger partial charge in [-0.1, -0.05) is 127 Å². The molecule has 0 saturated heterocycles. The molecule has 7 aromatic carbocycles. The molecule has 0 atom stereocenters. The highest BCUT2D eigenvalue weighted by Gasteiger charge is 2.24. The highest BCUT2D eigenvalue weighted by molar-refractivity contribution is 7.26. The molecule has 0 N–H and O–H groups in total. The number of para-hydroxylation sites is 3. The van der Waals surface area contributed by atoms with E-state index in [0.717, 1.165) is 25.7 Å². The Bertz CT molecular complexity index is 3600. The maximum atomic E-state index is 9.61. The summed E-state index contributed by atoms with van der Waals surface area (Å²) in [5, 5.41) is 2.70. The van der Waals surface area contributed by atoms with Crippen molar-refractivity contribution in [2.24, 2.45) is 0 Å². The van der Waals surface area contributed by atoms with Gasteiger partial charge in [-0.2, -0.15) is 9.97 Å². The number of benzene rings is 7. The predicted octanol–water partition coefficient (Wildman–Crippen LogP) is 11.8. The van der Waals surface area contributed by atoms with Gasteiger partial charge in [-0.15, -0.1) is 11.3 Å². The van der Waals surface area contributed by atoms with E-state index in [-0.39, 0.29) is 92.4 Å². The van der Waals surface area contributed by atoms with Crippen molar-refractivity contribution < 1.29 is 11.0 Å². The SMILES string of the molecule is [2H]c1cc([2H])c2c(c1[2H])c1c([2H])c([2H])c3c4c([2H])c([2H])cc([2H])c4n(-c4nc(-c5ccccc5)nc(-c5cccc6c5sc5ccccc56)n4)c3c1n2-c1ccccc1. The van der Waals surface area contributed by atoms with E-state index in [4.69, 9.17) is 19.1 Å². The maximum Gasteiger partial charge on any atom is 0.238 e. The van der Waals surface area contributed by atoms with Gasteiger partial charge in [0.1, 0.15) is 0 Å². The van der Waals surface area contributed by atoms with Crippen LogP contribution in [0.2, 0.25) is 0 Å². The molecule has 6 heteroatoms. The largest absolute Gasteiger partial charge is 0.307 e. The second-order valence-electron chi connectivity index (χ2n) is 12.2. The third-order valence-electron chi connectivity index (χ3n) is 9.35. The van der Waals surface area contributed by atoms with Crippen molar-refractivity contribution in [3.8, 4) is 34.4 Å². The third-order valence-corrected chi connectivity index (χ3v) is 10.6. The van der Waals surface area contributed by atoms with Crippen molar-refractivity contribution in [3.05, 3.63) is 164 Å². The number of hydrogen-bond donors (Lipinski definition) is 0. The van der Waals surface area contributed by atoms with Crippen molar-refractivity contribution in [1.82, 2.24) is 24.1 Å². The highest BCUT2D eigenvalue weighted by Crippen LogP contribution is 2.43. The normalized spacial score (nSPS) is 14.1. The third kappa shape index (κ3) is 4.17. The van der Waals surface area contributed by atoms with Crippen LogP contribution < -0.4 is 0 Å². The zero-order chi connectivity index (χ0) is 40.4. The Morgan fingerprint density at radius 3 is 1.86 bits per heavy atom. The van der Waals surface area contributed by atoms with Gasteiger partial charge in [-0.25, -0.2) is 4.98 Å². The highest BCUT2D eigenvalue weighted by atomic mass is 32.1. The molecule has 0 fully saturated rings. The Balaban J connectivity index is 1.39. The molecule has 11 aromatic rings. The minimum absolute atomic E-state index is 0.0520. The lowest BCUT2D eigenvalue weighted by molar-refractivity contribution is 0.954. The quantitative estimate of drug-likeness (QED) is 0.186. The first-order valence-electron chi connectivity index (χ1n) is 20.4. The fourth-order valence-electron chi connectivity index (χ4n) is 7.16. The Kier molecular flexibility index (Phi) is 4.60. The van der Waals surface area contributed by atoms with E-state index in [0.29, 0.717) is 28.4 Å². The molecule has 0 aliphatic heterocycles. The van der Waals surface area contributed by atoms with Crippen LogP contribution in [-0.2, 0) is 0 Å². The zero-order valence-corrected chi connectivity index (χ0v) is 27.4. The van der Waals surface area contributed by atoms with Gasteiger partial charge in [0.25, 0.3) is 0 Å². The summed E-state index contributed by atoms with van der Waals surface area (Å²) < 4.78 is 78.9. The van der Waals surface area contributed by atoms with Crippen molar-refractivity contribution in [1.29, 1.82) is 0 Å². The molecule has 238 valence electrons. The van der Waals surface area contributed by atoms with Crippen LogP contribution in [-0.4, -0.2) is 24.1 Å². The molecular formula is C45H27N5S. The molecule has 4 heterocycles. The summed E-state index contributed by atoms with van der Waals surface area (Å²) in [6.45, 7) is 0. The summed E-state index contributed by atoms with van der Waals surface area (Å²) in [6.07, 6.45) is 0. The standard InChI is InChI=1S/C45H27N5S/c1-3-14-28(15-4-1)43-46-44(36-22-13-21-35-32-20-9-12-25-39(32)51-42(35)36)48-45(47-43)50-38-24-11-8-19-31(38)34-27-26-33-30-18-7-10-23-37(30)49(40(33)41(34)50)29-16-5-2-6-17-29/h1-27H/i7D,8D,18D,19D,23D,24D,26D,27D. The van der Waals surface area contributed by atoms with E-state index in [1.807, 2.05) is 84.9 Å². The minimum Gasteiger partial charge on any atom is -0.307 e. The Morgan fingerprint density at radius 1 is 0.471 bits per heavy atom. The van der Waals surface area contributed by atoms with Gasteiger partial charge in [0, 0.05) is 58.5 Å². The van der Waals surface area contributed by atoms with Crippen LogP contribution in [0.25, 0.3) is 98.2 Å². The second kappa shape index (κ2) is 10.9. The molecule has 0 saturated carbocycles. The van der Waals surface area contributed by atoms with Crippen molar-refractivity contribution in [2.45, 2.75) is 0 Å². The Labute approximate surface area is 307 Å². The molecule has 0 aliphatic carbocycles. The molecule has 4 aromatic heterocycles. The number of nitrogens with zero attached hydrogens (tertiary/aromatic N) is 5. The van der Waals surface area contributed by atoms with Gasteiger partial charge in [0.05, 0.1) is 33.0 Å². The second-order valence-corrected chi connectivity index (χ2v) is 13.2. The molecule has 5 nitrogen and oxygen atoms in total. The summed E-state index contributed by atoms with van der Waals surface area (Å²) in [6, 6.07) is 33.8. The molecule has 0 unspecified atom stereocenters. The van der Waals surface area contributed by atoms with E-state index in [1.165, 1.54) is 12.1 Å². The monoisotopic (exact) mass is 677 g/mol. The first kappa shape index (κ1) is 21.5.